The molecule has 18 heavy (non-hydrogen) atoms. The van der Waals surface area contributed by atoms with E-state index >= 15 is 0 Å². The molecule has 1 saturated carbocycles. The molecule has 2 rings (SSSR count). The highest BCUT2D eigenvalue weighted by Crippen LogP contribution is 2.39. The smallest absolute Gasteiger partial charge is 0.252 e. The van der Waals surface area contributed by atoms with E-state index < -0.39 is 0 Å². The molecule has 3 nitrogen and oxygen atoms in total. The second-order valence-electron chi connectivity index (χ2n) is 5.05. The van der Waals surface area contributed by atoms with Crippen LogP contribution < -0.4 is 10.6 Å². The zero-order valence-electron chi connectivity index (χ0n) is 10.6. The average Bonchev–Trinajstić information content (AvgIpc) is 2.32. The van der Waals surface area contributed by atoms with Crippen LogP contribution in [0.2, 0.25) is 0 Å². The molecular formula is C14H19BrN2O. The minimum atomic E-state index is 0.00449. The van der Waals surface area contributed by atoms with Crippen LogP contribution in [0.4, 0.5) is 0 Å². The number of hydrogen-bond acceptors (Lipinski definition) is 2. The first kappa shape index (κ1) is 13.6. The lowest BCUT2D eigenvalue weighted by molar-refractivity contribution is 0.0861. The lowest BCUT2D eigenvalue weighted by Crippen LogP contribution is -2.47. The summed E-state index contributed by atoms with van der Waals surface area (Å²) in [5.41, 5.74) is 0.975. The molecule has 0 aliphatic heterocycles. The van der Waals surface area contributed by atoms with E-state index in [2.05, 4.69) is 26.6 Å². The van der Waals surface area contributed by atoms with Crippen LogP contribution in [-0.4, -0.2) is 26.0 Å². The first-order chi connectivity index (χ1) is 8.67. The Bertz CT molecular complexity index is 430. The monoisotopic (exact) mass is 310 g/mol. The Labute approximate surface area is 116 Å². The van der Waals surface area contributed by atoms with Crippen molar-refractivity contribution < 1.29 is 4.79 Å². The van der Waals surface area contributed by atoms with E-state index in [0.29, 0.717) is 5.56 Å². The Morgan fingerprint density at radius 1 is 1.33 bits per heavy atom. The maximum absolute atomic E-state index is 12.1. The Hall–Kier alpha value is -0.870. The molecule has 4 heteroatoms. The van der Waals surface area contributed by atoms with E-state index in [0.717, 1.165) is 17.6 Å². The fraction of sp³-hybridized carbons (Fsp3) is 0.500. The van der Waals surface area contributed by atoms with Crippen LogP contribution >= 0.6 is 15.9 Å². The van der Waals surface area contributed by atoms with Gasteiger partial charge in [-0.3, -0.25) is 4.79 Å². The predicted molar refractivity (Wildman–Crippen MR) is 76.7 cm³/mol. The van der Waals surface area contributed by atoms with Crippen LogP contribution in [0.25, 0.3) is 0 Å². The number of rotatable bonds is 5. The molecule has 0 aromatic heterocycles. The Balaban J connectivity index is 1.94. The van der Waals surface area contributed by atoms with E-state index in [1.54, 1.807) is 0 Å². The molecule has 0 spiro atoms. The summed E-state index contributed by atoms with van der Waals surface area (Å²) in [5, 5.41) is 6.28. The lowest BCUT2D eigenvalue weighted by atomic mass is 9.68. The number of halogens is 1. The SMILES string of the molecule is CNCC1(CNC(=O)c2ccccc2Br)CCC1. The van der Waals surface area contributed by atoms with Gasteiger partial charge in [-0.05, 0) is 48.0 Å². The minimum absolute atomic E-state index is 0.00449. The van der Waals surface area contributed by atoms with E-state index in [1.807, 2.05) is 31.3 Å². The summed E-state index contributed by atoms with van der Waals surface area (Å²) in [6, 6.07) is 7.52. The first-order valence-electron chi connectivity index (χ1n) is 6.34. The van der Waals surface area contributed by atoms with Crippen molar-refractivity contribution in [2.45, 2.75) is 19.3 Å². The summed E-state index contributed by atoms with van der Waals surface area (Å²) >= 11 is 3.41. The zero-order valence-corrected chi connectivity index (χ0v) is 12.2. The van der Waals surface area contributed by atoms with E-state index in [-0.39, 0.29) is 11.3 Å². The molecule has 1 aliphatic carbocycles. The summed E-state index contributed by atoms with van der Waals surface area (Å²) < 4.78 is 0.846. The molecule has 98 valence electrons. The van der Waals surface area contributed by atoms with Gasteiger partial charge in [-0.2, -0.15) is 0 Å². The van der Waals surface area contributed by atoms with Gasteiger partial charge in [0.15, 0.2) is 0 Å². The summed E-state index contributed by atoms with van der Waals surface area (Å²) in [6.45, 7) is 1.73. The number of carbonyl (C=O) groups excluding carboxylic acids is 1. The van der Waals surface area contributed by atoms with Gasteiger partial charge >= 0.3 is 0 Å². The Kier molecular flexibility index (Phi) is 4.40. The molecule has 1 aliphatic rings. The van der Waals surface area contributed by atoms with Crippen molar-refractivity contribution >= 4 is 21.8 Å². The molecule has 0 atom stereocenters. The highest BCUT2D eigenvalue weighted by molar-refractivity contribution is 9.10. The van der Waals surface area contributed by atoms with Crippen molar-refractivity contribution in [1.29, 1.82) is 0 Å². The molecule has 0 radical (unpaired) electrons. The predicted octanol–water partition coefficient (Wildman–Crippen LogP) is 2.57. The highest BCUT2D eigenvalue weighted by atomic mass is 79.9. The molecule has 0 unspecified atom stereocenters. The van der Waals surface area contributed by atoms with Gasteiger partial charge in [-0.1, -0.05) is 18.6 Å². The van der Waals surface area contributed by atoms with Gasteiger partial charge in [0.2, 0.25) is 0 Å². The molecule has 1 aromatic rings. The number of nitrogens with one attached hydrogen (secondary N) is 2. The molecule has 1 amide bonds. The van der Waals surface area contributed by atoms with Crippen molar-refractivity contribution in [2.24, 2.45) is 5.41 Å². The fourth-order valence-electron chi connectivity index (χ4n) is 2.48. The molecule has 1 fully saturated rings. The maximum Gasteiger partial charge on any atom is 0.252 e. The number of amides is 1. The van der Waals surface area contributed by atoms with Crippen LogP contribution in [0.15, 0.2) is 28.7 Å². The molecule has 0 bridgehead atoms. The second kappa shape index (κ2) is 5.85. The Morgan fingerprint density at radius 3 is 2.61 bits per heavy atom. The third-order valence-electron chi connectivity index (χ3n) is 3.71. The largest absolute Gasteiger partial charge is 0.351 e. The average molecular weight is 311 g/mol. The minimum Gasteiger partial charge on any atom is -0.351 e. The summed E-state index contributed by atoms with van der Waals surface area (Å²) in [4.78, 5) is 12.1. The standard InChI is InChI=1S/C14H19BrN2O/c1-16-9-14(7-4-8-14)10-17-13(18)11-5-2-3-6-12(11)15/h2-3,5-6,16H,4,7-10H2,1H3,(H,17,18). The molecule has 1 aromatic carbocycles. The quantitative estimate of drug-likeness (QED) is 0.877. The number of hydrogen-bond donors (Lipinski definition) is 2. The zero-order chi connectivity index (χ0) is 13.0. The van der Waals surface area contributed by atoms with Gasteiger partial charge in [0.05, 0.1) is 5.56 Å². The fourth-order valence-corrected chi connectivity index (χ4v) is 2.94. The van der Waals surface area contributed by atoms with Crippen molar-refractivity contribution in [1.82, 2.24) is 10.6 Å². The van der Waals surface area contributed by atoms with Gasteiger partial charge in [-0.15, -0.1) is 0 Å². The summed E-state index contributed by atoms with van der Waals surface area (Å²) in [7, 11) is 1.97. The van der Waals surface area contributed by atoms with Crippen LogP contribution in [0, 0.1) is 5.41 Å². The topological polar surface area (TPSA) is 41.1 Å². The van der Waals surface area contributed by atoms with E-state index in [9.17, 15) is 4.79 Å². The van der Waals surface area contributed by atoms with Crippen molar-refractivity contribution in [3.05, 3.63) is 34.3 Å². The van der Waals surface area contributed by atoms with Crippen LogP contribution in [0.5, 0.6) is 0 Å². The van der Waals surface area contributed by atoms with Gasteiger partial charge in [-0.25, -0.2) is 0 Å². The molecule has 2 N–H and O–H groups in total. The maximum atomic E-state index is 12.1. The van der Waals surface area contributed by atoms with Crippen molar-refractivity contribution in [3.63, 3.8) is 0 Å². The Morgan fingerprint density at radius 2 is 2.06 bits per heavy atom. The normalized spacial score (nSPS) is 17.0. The highest BCUT2D eigenvalue weighted by Gasteiger charge is 2.36. The van der Waals surface area contributed by atoms with Crippen molar-refractivity contribution in [2.75, 3.05) is 20.1 Å². The van der Waals surface area contributed by atoms with Crippen LogP contribution in [-0.2, 0) is 0 Å². The van der Waals surface area contributed by atoms with Gasteiger partial charge in [0.25, 0.3) is 5.91 Å². The second-order valence-corrected chi connectivity index (χ2v) is 5.90. The third-order valence-corrected chi connectivity index (χ3v) is 4.40. The summed E-state index contributed by atoms with van der Waals surface area (Å²) in [5.74, 6) is 0.00449. The van der Waals surface area contributed by atoms with Crippen LogP contribution in [0.3, 0.4) is 0 Å². The van der Waals surface area contributed by atoms with Gasteiger partial charge in [0.1, 0.15) is 0 Å². The van der Waals surface area contributed by atoms with Gasteiger partial charge < -0.3 is 10.6 Å². The van der Waals surface area contributed by atoms with Crippen molar-refractivity contribution in [3.8, 4) is 0 Å². The lowest BCUT2D eigenvalue weighted by Gasteiger charge is -2.42. The first-order valence-corrected chi connectivity index (χ1v) is 7.13. The summed E-state index contributed by atoms with van der Waals surface area (Å²) in [6.07, 6.45) is 3.67. The number of benzene rings is 1. The molecule has 0 saturated heterocycles. The van der Waals surface area contributed by atoms with Gasteiger partial charge in [0, 0.05) is 23.0 Å². The van der Waals surface area contributed by atoms with E-state index in [4.69, 9.17) is 0 Å². The van der Waals surface area contributed by atoms with E-state index in [1.165, 1.54) is 19.3 Å². The third kappa shape index (κ3) is 2.93. The molecule has 0 heterocycles. The molecular weight excluding hydrogens is 292 g/mol. The number of carbonyl (C=O) groups is 1. The van der Waals surface area contributed by atoms with Crippen LogP contribution in [0.1, 0.15) is 29.6 Å².